The van der Waals surface area contributed by atoms with Crippen molar-refractivity contribution in [2.45, 2.75) is 63.7 Å². The molecule has 0 spiro atoms. The number of nitrogens with zero attached hydrogens (tertiary/aromatic N) is 3. The number of halogens is 1. The lowest BCUT2D eigenvalue weighted by Crippen LogP contribution is -2.38. The predicted octanol–water partition coefficient (Wildman–Crippen LogP) is 2.01. The smallest absolute Gasteiger partial charge is 0.138 e. The minimum Gasteiger partial charge on any atom is -0.328 e. The Morgan fingerprint density at radius 1 is 1.53 bits per heavy atom. The Kier molecular flexibility index (Phi) is 3.47. The quantitative estimate of drug-likeness (QED) is 0.879. The van der Waals surface area contributed by atoms with Crippen molar-refractivity contribution in [1.29, 1.82) is 0 Å². The summed E-state index contributed by atoms with van der Waals surface area (Å²) in [6.07, 6.45) is 4.49. The lowest BCUT2D eigenvalue weighted by molar-refractivity contribution is 0.0953. The Labute approximate surface area is 101 Å². The van der Waals surface area contributed by atoms with Crippen LogP contribution >= 0.6 is 0 Å². The van der Waals surface area contributed by atoms with Crippen LogP contribution in [-0.2, 0) is 6.42 Å². The topological polar surface area (TPSA) is 56.7 Å². The minimum absolute atomic E-state index is 0.168. The molecule has 0 saturated heterocycles. The van der Waals surface area contributed by atoms with Gasteiger partial charge in [0.2, 0.25) is 0 Å². The van der Waals surface area contributed by atoms with E-state index in [1.807, 2.05) is 13.8 Å². The van der Waals surface area contributed by atoms with Crippen molar-refractivity contribution < 1.29 is 4.39 Å². The molecule has 1 fully saturated rings. The zero-order valence-corrected chi connectivity index (χ0v) is 10.6. The van der Waals surface area contributed by atoms with Crippen LogP contribution in [0.5, 0.6) is 0 Å². The Morgan fingerprint density at radius 3 is 2.76 bits per heavy atom. The van der Waals surface area contributed by atoms with Crippen LogP contribution in [0.4, 0.5) is 4.39 Å². The van der Waals surface area contributed by atoms with E-state index in [4.69, 9.17) is 5.73 Å². The second-order valence-corrected chi connectivity index (χ2v) is 5.38. The number of rotatable bonds is 3. The molecule has 96 valence electrons. The van der Waals surface area contributed by atoms with E-state index >= 15 is 0 Å². The predicted molar refractivity (Wildman–Crippen MR) is 64.4 cm³/mol. The summed E-state index contributed by atoms with van der Waals surface area (Å²) in [6.45, 7) is 4.06. The summed E-state index contributed by atoms with van der Waals surface area (Å²) >= 11 is 0. The molecule has 4 nitrogen and oxygen atoms in total. The maximum atomic E-state index is 14.6. The Morgan fingerprint density at radius 2 is 2.18 bits per heavy atom. The van der Waals surface area contributed by atoms with Crippen LogP contribution in [0.2, 0.25) is 0 Å². The van der Waals surface area contributed by atoms with Gasteiger partial charge in [0.1, 0.15) is 17.8 Å². The maximum Gasteiger partial charge on any atom is 0.138 e. The molecule has 0 radical (unpaired) electrons. The summed E-state index contributed by atoms with van der Waals surface area (Å²) in [5.74, 6) is 0.748. The molecule has 1 aliphatic rings. The first kappa shape index (κ1) is 12.5. The monoisotopic (exact) mass is 240 g/mol. The van der Waals surface area contributed by atoms with E-state index in [2.05, 4.69) is 10.1 Å². The van der Waals surface area contributed by atoms with Gasteiger partial charge in [-0.05, 0) is 39.5 Å². The molecule has 1 aromatic heterocycles. The molecule has 0 atom stereocenters. The third kappa shape index (κ3) is 2.83. The normalized spacial score (nSPS) is 29.8. The number of aromatic nitrogens is 3. The largest absolute Gasteiger partial charge is 0.328 e. The number of nitrogens with two attached hydrogens (primary N) is 1. The van der Waals surface area contributed by atoms with Crippen molar-refractivity contribution in [3.8, 4) is 0 Å². The second-order valence-electron chi connectivity index (χ2n) is 5.38. The van der Waals surface area contributed by atoms with E-state index < -0.39 is 5.67 Å². The van der Waals surface area contributed by atoms with E-state index in [1.54, 1.807) is 4.68 Å². The average molecular weight is 240 g/mol. The van der Waals surface area contributed by atoms with Gasteiger partial charge in [0, 0.05) is 18.5 Å². The molecule has 1 aromatic rings. The van der Waals surface area contributed by atoms with Gasteiger partial charge in [-0.1, -0.05) is 0 Å². The lowest BCUT2D eigenvalue weighted by Gasteiger charge is -2.32. The van der Waals surface area contributed by atoms with E-state index in [9.17, 15) is 4.39 Å². The molecule has 1 saturated carbocycles. The number of hydrogen-bond donors (Lipinski definition) is 1. The number of hydrogen-bond acceptors (Lipinski definition) is 3. The van der Waals surface area contributed by atoms with Crippen LogP contribution in [-0.4, -0.2) is 26.5 Å². The van der Waals surface area contributed by atoms with Gasteiger partial charge in [0.05, 0.1) is 0 Å². The van der Waals surface area contributed by atoms with Crippen molar-refractivity contribution in [3.05, 3.63) is 12.2 Å². The zero-order chi connectivity index (χ0) is 12.5. The summed E-state index contributed by atoms with van der Waals surface area (Å²) in [5, 5.41) is 4.14. The molecule has 1 aliphatic carbocycles. The van der Waals surface area contributed by atoms with Gasteiger partial charge >= 0.3 is 0 Å². The molecule has 17 heavy (non-hydrogen) atoms. The third-order valence-electron chi connectivity index (χ3n) is 3.54. The fourth-order valence-electron chi connectivity index (χ4n) is 2.45. The molecule has 5 heteroatoms. The Balaban J connectivity index is 2.07. The van der Waals surface area contributed by atoms with Gasteiger partial charge in [0.25, 0.3) is 0 Å². The highest BCUT2D eigenvalue weighted by molar-refractivity contribution is 4.98. The highest BCUT2D eigenvalue weighted by Crippen LogP contribution is 2.34. The molecule has 0 aliphatic heterocycles. The summed E-state index contributed by atoms with van der Waals surface area (Å²) in [7, 11) is 0. The van der Waals surface area contributed by atoms with Gasteiger partial charge in [-0.15, -0.1) is 0 Å². The molecular formula is C12H21FN4. The highest BCUT2D eigenvalue weighted by atomic mass is 19.1. The van der Waals surface area contributed by atoms with Crippen LogP contribution in [0.25, 0.3) is 0 Å². The van der Waals surface area contributed by atoms with E-state index in [1.165, 1.54) is 6.33 Å². The van der Waals surface area contributed by atoms with Gasteiger partial charge < -0.3 is 5.73 Å². The van der Waals surface area contributed by atoms with Crippen molar-refractivity contribution in [2.75, 3.05) is 0 Å². The standard InChI is InChI=1S/C12H21FN4/c1-9(2)17-11(15-8-16-17)7-12(13)5-3-10(14)4-6-12/h8-10H,3-7,14H2,1-2H3. The minimum atomic E-state index is -1.14. The molecule has 2 N–H and O–H groups in total. The van der Waals surface area contributed by atoms with Crippen LogP contribution in [0.15, 0.2) is 6.33 Å². The first-order valence-corrected chi connectivity index (χ1v) is 6.33. The van der Waals surface area contributed by atoms with Crippen LogP contribution < -0.4 is 5.73 Å². The zero-order valence-electron chi connectivity index (χ0n) is 10.6. The molecule has 0 aromatic carbocycles. The van der Waals surface area contributed by atoms with Crippen molar-refractivity contribution in [2.24, 2.45) is 5.73 Å². The molecule has 1 heterocycles. The van der Waals surface area contributed by atoms with Crippen molar-refractivity contribution in [3.63, 3.8) is 0 Å². The van der Waals surface area contributed by atoms with Crippen LogP contribution in [0.1, 0.15) is 51.4 Å². The summed E-state index contributed by atoms with van der Waals surface area (Å²) in [5.41, 5.74) is 4.66. The Hall–Kier alpha value is -0.970. The summed E-state index contributed by atoms with van der Waals surface area (Å²) in [4.78, 5) is 4.18. The van der Waals surface area contributed by atoms with E-state index in [-0.39, 0.29) is 12.1 Å². The maximum absolute atomic E-state index is 14.6. The fourth-order valence-corrected chi connectivity index (χ4v) is 2.45. The SMILES string of the molecule is CC(C)n1ncnc1CC1(F)CCC(N)CC1. The van der Waals surface area contributed by atoms with Crippen molar-refractivity contribution >= 4 is 0 Å². The number of alkyl halides is 1. The van der Waals surface area contributed by atoms with Gasteiger partial charge in [-0.25, -0.2) is 14.1 Å². The van der Waals surface area contributed by atoms with Gasteiger partial charge in [-0.2, -0.15) is 5.10 Å². The summed E-state index contributed by atoms with van der Waals surface area (Å²) in [6, 6.07) is 0.392. The second kappa shape index (κ2) is 4.72. The fraction of sp³-hybridized carbons (Fsp3) is 0.833. The van der Waals surface area contributed by atoms with E-state index in [0.717, 1.165) is 18.7 Å². The first-order chi connectivity index (χ1) is 8.00. The highest BCUT2D eigenvalue weighted by Gasteiger charge is 2.36. The van der Waals surface area contributed by atoms with Crippen molar-refractivity contribution in [1.82, 2.24) is 14.8 Å². The average Bonchev–Trinajstić information content (AvgIpc) is 2.71. The molecular weight excluding hydrogens is 219 g/mol. The molecule has 2 rings (SSSR count). The van der Waals surface area contributed by atoms with Gasteiger partial charge in [-0.3, -0.25) is 0 Å². The van der Waals surface area contributed by atoms with Crippen LogP contribution in [0.3, 0.4) is 0 Å². The van der Waals surface area contributed by atoms with E-state index in [0.29, 0.717) is 19.3 Å². The molecule has 0 amide bonds. The molecule has 0 unspecified atom stereocenters. The lowest BCUT2D eigenvalue weighted by atomic mass is 9.81. The van der Waals surface area contributed by atoms with Gasteiger partial charge in [0.15, 0.2) is 0 Å². The summed E-state index contributed by atoms with van der Waals surface area (Å²) < 4.78 is 16.4. The Bertz CT molecular complexity index is 366. The third-order valence-corrected chi connectivity index (χ3v) is 3.54. The first-order valence-electron chi connectivity index (χ1n) is 6.33. The molecule has 0 bridgehead atoms. The van der Waals surface area contributed by atoms with Crippen LogP contribution in [0, 0.1) is 0 Å².